The summed E-state index contributed by atoms with van der Waals surface area (Å²) in [7, 11) is 0. The van der Waals surface area contributed by atoms with Gasteiger partial charge in [-0.2, -0.15) is 0 Å². The Morgan fingerprint density at radius 3 is 2.13 bits per heavy atom. The predicted molar refractivity (Wildman–Crippen MR) is 101 cm³/mol. The van der Waals surface area contributed by atoms with Crippen LogP contribution >= 0.6 is 0 Å². The maximum absolute atomic E-state index is 6.28. The highest BCUT2D eigenvalue weighted by atomic mass is 14.5. The van der Waals surface area contributed by atoms with Crippen LogP contribution < -0.4 is 5.73 Å². The molecule has 5 aromatic carbocycles. The minimum Gasteiger partial charge on any atom is -0.398 e. The zero-order chi connectivity index (χ0) is 15.6. The van der Waals surface area contributed by atoms with Gasteiger partial charge in [0.1, 0.15) is 0 Å². The van der Waals surface area contributed by atoms with E-state index in [0.717, 1.165) is 12.1 Å². The van der Waals surface area contributed by atoms with Crippen molar-refractivity contribution in [3.63, 3.8) is 0 Å². The lowest BCUT2D eigenvalue weighted by Gasteiger charge is -2.17. The van der Waals surface area contributed by atoms with Crippen LogP contribution in [0.4, 0.5) is 5.69 Å². The van der Waals surface area contributed by atoms with Crippen molar-refractivity contribution < 1.29 is 0 Å². The van der Waals surface area contributed by atoms with Crippen molar-refractivity contribution in [2.24, 2.45) is 0 Å². The first kappa shape index (κ1) is 12.7. The molecule has 2 N–H and O–H groups in total. The molecule has 0 heterocycles. The molecule has 0 saturated heterocycles. The lowest BCUT2D eigenvalue weighted by molar-refractivity contribution is 1.16. The number of aryl methyl sites for hydroxylation is 1. The average molecular weight is 295 g/mol. The predicted octanol–water partition coefficient (Wildman–Crippen LogP) is 5.88. The van der Waals surface area contributed by atoms with Crippen LogP contribution in [0, 0.1) is 0 Å². The van der Waals surface area contributed by atoms with E-state index in [1.54, 1.807) is 0 Å². The summed E-state index contributed by atoms with van der Waals surface area (Å²) in [5.74, 6) is 0. The second kappa shape index (κ2) is 4.36. The van der Waals surface area contributed by atoms with Gasteiger partial charge in [-0.3, -0.25) is 0 Å². The topological polar surface area (TPSA) is 26.0 Å². The Labute approximate surface area is 134 Å². The summed E-state index contributed by atoms with van der Waals surface area (Å²) in [6, 6.07) is 21.9. The molecule has 5 rings (SSSR count). The zero-order valence-electron chi connectivity index (χ0n) is 13.1. The quantitative estimate of drug-likeness (QED) is 0.233. The molecule has 0 bridgehead atoms. The van der Waals surface area contributed by atoms with Gasteiger partial charge in [0.15, 0.2) is 0 Å². The Bertz CT molecular complexity index is 1200. The van der Waals surface area contributed by atoms with Gasteiger partial charge in [0.2, 0.25) is 0 Å². The summed E-state index contributed by atoms with van der Waals surface area (Å²) in [5, 5.41) is 10.5. The molecule has 110 valence electrons. The van der Waals surface area contributed by atoms with Crippen molar-refractivity contribution in [3.05, 3.63) is 66.2 Å². The van der Waals surface area contributed by atoms with Crippen molar-refractivity contribution in [1.29, 1.82) is 0 Å². The Kier molecular flexibility index (Phi) is 2.41. The largest absolute Gasteiger partial charge is 0.398 e. The molecule has 0 aliphatic carbocycles. The fraction of sp³-hybridized carbons (Fsp3) is 0.0909. The molecule has 0 aliphatic rings. The number of benzene rings is 5. The van der Waals surface area contributed by atoms with Gasteiger partial charge < -0.3 is 5.73 Å². The fourth-order valence-electron chi connectivity index (χ4n) is 4.11. The van der Waals surface area contributed by atoms with Crippen LogP contribution in [0.25, 0.3) is 43.1 Å². The highest BCUT2D eigenvalue weighted by Gasteiger charge is 2.15. The van der Waals surface area contributed by atoms with Crippen LogP contribution in [0.5, 0.6) is 0 Å². The van der Waals surface area contributed by atoms with Gasteiger partial charge in [-0.1, -0.05) is 61.5 Å². The van der Waals surface area contributed by atoms with Gasteiger partial charge in [-0.25, -0.2) is 0 Å². The maximum atomic E-state index is 6.28. The molecule has 5 aromatic rings. The van der Waals surface area contributed by atoms with Crippen LogP contribution in [0.2, 0.25) is 0 Å². The van der Waals surface area contributed by atoms with Gasteiger partial charge >= 0.3 is 0 Å². The number of nitrogens with two attached hydrogens (primary N) is 1. The molecule has 0 fully saturated rings. The molecule has 0 aromatic heterocycles. The number of fused-ring (bicyclic) bond motifs is 2. The van der Waals surface area contributed by atoms with Gasteiger partial charge in [-0.05, 0) is 55.8 Å². The average Bonchev–Trinajstić information content (AvgIpc) is 2.60. The molecule has 1 heteroatoms. The third-order valence-corrected chi connectivity index (χ3v) is 5.15. The minimum absolute atomic E-state index is 0.860. The van der Waals surface area contributed by atoms with E-state index in [1.807, 2.05) is 6.07 Å². The van der Waals surface area contributed by atoms with E-state index >= 15 is 0 Å². The van der Waals surface area contributed by atoms with E-state index in [1.165, 1.54) is 48.7 Å². The third kappa shape index (κ3) is 1.52. The van der Waals surface area contributed by atoms with Crippen LogP contribution in [-0.4, -0.2) is 0 Å². The summed E-state index contributed by atoms with van der Waals surface area (Å²) < 4.78 is 0. The molecule has 0 spiro atoms. The summed E-state index contributed by atoms with van der Waals surface area (Å²) in [6.45, 7) is 2.23. The number of rotatable bonds is 1. The van der Waals surface area contributed by atoms with Gasteiger partial charge in [0.05, 0.1) is 0 Å². The van der Waals surface area contributed by atoms with Crippen molar-refractivity contribution in [2.45, 2.75) is 13.3 Å². The van der Waals surface area contributed by atoms with Crippen LogP contribution in [0.15, 0.2) is 60.7 Å². The molecule has 0 unspecified atom stereocenters. The van der Waals surface area contributed by atoms with Crippen LogP contribution in [-0.2, 0) is 6.42 Å². The van der Waals surface area contributed by atoms with Crippen LogP contribution in [0.1, 0.15) is 12.5 Å². The summed E-state index contributed by atoms with van der Waals surface area (Å²) in [6.07, 6.45) is 1.03. The fourth-order valence-corrected chi connectivity index (χ4v) is 4.11. The monoisotopic (exact) mass is 295 g/mol. The highest BCUT2D eigenvalue weighted by molar-refractivity contribution is 6.34. The minimum atomic E-state index is 0.860. The number of hydrogen-bond donors (Lipinski definition) is 1. The molecular weight excluding hydrogens is 278 g/mol. The standard InChI is InChI=1S/C22H17N/c1-2-13-9-10-17-19(23)12-11-16-15-7-3-5-14-6-4-8-18(20(14)15)21(13)22(16)17/h3-12H,2,23H2,1H3. The third-order valence-electron chi connectivity index (χ3n) is 5.15. The molecule has 0 aliphatic heterocycles. The summed E-state index contributed by atoms with van der Waals surface area (Å²) in [5.41, 5.74) is 8.54. The summed E-state index contributed by atoms with van der Waals surface area (Å²) >= 11 is 0. The second-order valence-corrected chi connectivity index (χ2v) is 6.29. The molecule has 0 atom stereocenters. The van der Waals surface area contributed by atoms with Crippen molar-refractivity contribution in [1.82, 2.24) is 0 Å². The first-order chi connectivity index (χ1) is 11.3. The number of anilines is 1. The van der Waals surface area contributed by atoms with E-state index in [0.29, 0.717) is 0 Å². The first-order valence-corrected chi connectivity index (χ1v) is 8.16. The SMILES string of the molecule is CCc1ccc2c(N)ccc3c4cccc5cccc(c1c23)c54. The smallest absolute Gasteiger partial charge is 0.0394 e. The Hall–Kier alpha value is -2.80. The van der Waals surface area contributed by atoms with Crippen molar-refractivity contribution in [2.75, 3.05) is 5.73 Å². The van der Waals surface area contributed by atoms with E-state index < -0.39 is 0 Å². The first-order valence-electron chi connectivity index (χ1n) is 8.16. The Morgan fingerprint density at radius 1 is 0.652 bits per heavy atom. The van der Waals surface area contributed by atoms with Gasteiger partial charge in [-0.15, -0.1) is 0 Å². The molecule has 23 heavy (non-hydrogen) atoms. The molecular formula is C22H17N. The maximum Gasteiger partial charge on any atom is 0.0394 e. The number of hydrogen-bond acceptors (Lipinski definition) is 1. The van der Waals surface area contributed by atoms with E-state index in [-0.39, 0.29) is 0 Å². The van der Waals surface area contributed by atoms with E-state index in [2.05, 4.69) is 61.5 Å². The normalized spacial score (nSPS) is 12.0. The Balaban J connectivity index is 2.27. The Morgan fingerprint density at radius 2 is 1.35 bits per heavy atom. The lowest BCUT2D eigenvalue weighted by Crippen LogP contribution is -1.94. The van der Waals surface area contributed by atoms with Gasteiger partial charge in [0, 0.05) is 11.1 Å². The number of nitrogen functional groups attached to an aromatic ring is 1. The molecule has 0 amide bonds. The zero-order valence-corrected chi connectivity index (χ0v) is 13.1. The van der Waals surface area contributed by atoms with Crippen LogP contribution in [0.3, 0.4) is 0 Å². The van der Waals surface area contributed by atoms with E-state index in [4.69, 9.17) is 5.73 Å². The van der Waals surface area contributed by atoms with Crippen molar-refractivity contribution in [3.8, 4) is 0 Å². The second-order valence-electron chi connectivity index (χ2n) is 6.29. The lowest BCUT2D eigenvalue weighted by atomic mass is 9.87. The summed E-state index contributed by atoms with van der Waals surface area (Å²) in [4.78, 5) is 0. The molecule has 0 saturated carbocycles. The van der Waals surface area contributed by atoms with Crippen molar-refractivity contribution >= 4 is 48.8 Å². The van der Waals surface area contributed by atoms with Gasteiger partial charge in [0.25, 0.3) is 0 Å². The molecule has 1 nitrogen and oxygen atoms in total. The molecule has 0 radical (unpaired) electrons. The van der Waals surface area contributed by atoms with E-state index in [9.17, 15) is 0 Å². The highest BCUT2D eigenvalue weighted by Crippen LogP contribution is 2.42.